The molecule has 2 saturated heterocycles. The quantitative estimate of drug-likeness (QED) is 0.656. The molecule has 1 amide bonds. The van der Waals surface area contributed by atoms with Gasteiger partial charge in [-0.1, -0.05) is 42.5 Å². The molecular formula is C24H31N3O3. The van der Waals surface area contributed by atoms with Gasteiger partial charge in [-0.15, -0.1) is 0 Å². The summed E-state index contributed by atoms with van der Waals surface area (Å²) in [5.74, 6) is 0.809. The summed E-state index contributed by atoms with van der Waals surface area (Å²) >= 11 is 0. The Balaban J connectivity index is 1.46. The molecule has 2 aromatic carbocycles. The fourth-order valence-electron chi connectivity index (χ4n) is 4.51. The van der Waals surface area contributed by atoms with Gasteiger partial charge in [-0.05, 0) is 43.0 Å². The SMILES string of the molecule is CCOc1ccc(C2(CNC(=O)C3CNNC3c3ccccc3)CCOCC2)cc1. The average molecular weight is 410 g/mol. The van der Waals surface area contributed by atoms with Crippen molar-refractivity contribution in [2.45, 2.75) is 31.2 Å². The van der Waals surface area contributed by atoms with E-state index in [-0.39, 0.29) is 23.3 Å². The summed E-state index contributed by atoms with van der Waals surface area (Å²) < 4.78 is 11.2. The maximum absolute atomic E-state index is 13.1. The van der Waals surface area contributed by atoms with Crippen molar-refractivity contribution >= 4 is 5.91 Å². The highest BCUT2D eigenvalue weighted by Gasteiger charge is 2.38. The van der Waals surface area contributed by atoms with Crippen LogP contribution in [0, 0.1) is 5.92 Å². The molecule has 0 saturated carbocycles. The van der Waals surface area contributed by atoms with Crippen molar-refractivity contribution in [2.75, 3.05) is 32.9 Å². The Hall–Kier alpha value is -2.41. The zero-order chi connectivity index (χ0) is 20.8. The van der Waals surface area contributed by atoms with Crippen LogP contribution >= 0.6 is 0 Å². The Morgan fingerprint density at radius 1 is 1.13 bits per heavy atom. The summed E-state index contributed by atoms with van der Waals surface area (Å²) in [5.41, 5.74) is 8.65. The summed E-state index contributed by atoms with van der Waals surface area (Å²) in [5, 5.41) is 3.27. The Kier molecular flexibility index (Phi) is 6.67. The number of hydrogen-bond acceptors (Lipinski definition) is 5. The third-order valence-corrected chi connectivity index (χ3v) is 6.31. The molecule has 3 N–H and O–H groups in total. The number of amides is 1. The summed E-state index contributed by atoms with van der Waals surface area (Å²) in [6, 6.07) is 18.4. The van der Waals surface area contributed by atoms with Crippen molar-refractivity contribution < 1.29 is 14.3 Å². The van der Waals surface area contributed by atoms with E-state index < -0.39 is 0 Å². The molecular weight excluding hydrogens is 378 g/mol. The van der Waals surface area contributed by atoms with Gasteiger partial charge in [0, 0.05) is 31.7 Å². The molecule has 2 aliphatic heterocycles. The second-order valence-corrected chi connectivity index (χ2v) is 8.09. The van der Waals surface area contributed by atoms with Gasteiger partial charge < -0.3 is 14.8 Å². The fourth-order valence-corrected chi connectivity index (χ4v) is 4.51. The van der Waals surface area contributed by atoms with Crippen LogP contribution in [-0.2, 0) is 14.9 Å². The highest BCUT2D eigenvalue weighted by atomic mass is 16.5. The third kappa shape index (κ3) is 4.51. The molecule has 2 heterocycles. The first kappa shape index (κ1) is 20.8. The fraction of sp³-hybridized carbons (Fsp3) is 0.458. The normalized spacial score (nSPS) is 23.1. The monoisotopic (exact) mass is 409 g/mol. The Morgan fingerprint density at radius 3 is 2.57 bits per heavy atom. The lowest BCUT2D eigenvalue weighted by molar-refractivity contribution is -0.125. The van der Waals surface area contributed by atoms with Crippen LogP contribution in [0.3, 0.4) is 0 Å². The molecule has 2 atom stereocenters. The number of nitrogens with one attached hydrogen (secondary N) is 3. The number of benzene rings is 2. The van der Waals surface area contributed by atoms with Crippen molar-refractivity contribution in [1.82, 2.24) is 16.2 Å². The first-order chi connectivity index (χ1) is 14.7. The van der Waals surface area contributed by atoms with E-state index in [0.717, 1.165) is 24.2 Å². The van der Waals surface area contributed by atoms with Crippen LogP contribution in [0.2, 0.25) is 0 Å². The molecule has 6 nitrogen and oxygen atoms in total. The van der Waals surface area contributed by atoms with Gasteiger partial charge in [-0.3, -0.25) is 10.2 Å². The first-order valence-corrected chi connectivity index (χ1v) is 10.8. The summed E-state index contributed by atoms with van der Waals surface area (Å²) in [4.78, 5) is 13.1. The van der Waals surface area contributed by atoms with Crippen molar-refractivity contribution in [1.29, 1.82) is 0 Å². The molecule has 0 aromatic heterocycles. The number of rotatable bonds is 7. The van der Waals surface area contributed by atoms with Crippen LogP contribution in [0.25, 0.3) is 0 Å². The molecule has 0 radical (unpaired) electrons. The average Bonchev–Trinajstić information content (AvgIpc) is 3.30. The van der Waals surface area contributed by atoms with Gasteiger partial charge >= 0.3 is 0 Å². The summed E-state index contributed by atoms with van der Waals surface area (Å²) in [6.07, 6.45) is 1.79. The van der Waals surface area contributed by atoms with Gasteiger partial charge in [0.25, 0.3) is 0 Å². The molecule has 2 aliphatic rings. The lowest BCUT2D eigenvalue weighted by Crippen LogP contribution is -2.46. The van der Waals surface area contributed by atoms with Gasteiger partial charge in [-0.2, -0.15) is 0 Å². The van der Waals surface area contributed by atoms with Crippen LogP contribution in [0.1, 0.15) is 36.9 Å². The predicted molar refractivity (Wildman–Crippen MR) is 116 cm³/mol. The van der Waals surface area contributed by atoms with Crippen LogP contribution in [0.15, 0.2) is 54.6 Å². The van der Waals surface area contributed by atoms with Crippen molar-refractivity contribution in [3.05, 3.63) is 65.7 Å². The van der Waals surface area contributed by atoms with E-state index >= 15 is 0 Å². The first-order valence-electron chi connectivity index (χ1n) is 10.8. The van der Waals surface area contributed by atoms with Gasteiger partial charge in [0.15, 0.2) is 0 Å². The zero-order valence-electron chi connectivity index (χ0n) is 17.5. The third-order valence-electron chi connectivity index (χ3n) is 6.31. The Morgan fingerprint density at radius 2 is 1.87 bits per heavy atom. The number of hydrazine groups is 1. The minimum absolute atomic E-state index is 0.0256. The minimum Gasteiger partial charge on any atom is -0.494 e. The predicted octanol–water partition coefficient (Wildman–Crippen LogP) is 2.71. The highest BCUT2D eigenvalue weighted by molar-refractivity contribution is 5.80. The van der Waals surface area contributed by atoms with E-state index in [0.29, 0.717) is 32.9 Å². The van der Waals surface area contributed by atoms with Gasteiger partial charge in [-0.25, -0.2) is 5.43 Å². The van der Waals surface area contributed by atoms with Gasteiger partial charge in [0.2, 0.25) is 5.91 Å². The van der Waals surface area contributed by atoms with Gasteiger partial charge in [0.05, 0.1) is 18.6 Å². The molecule has 2 unspecified atom stereocenters. The number of carbonyl (C=O) groups is 1. The smallest absolute Gasteiger partial charge is 0.226 e. The zero-order valence-corrected chi connectivity index (χ0v) is 17.5. The molecule has 30 heavy (non-hydrogen) atoms. The van der Waals surface area contributed by atoms with E-state index in [1.807, 2.05) is 37.3 Å². The van der Waals surface area contributed by atoms with Crippen LogP contribution in [-0.4, -0.2) is 38.8 Å². The van der Waals surface area contributed by atoms with E-state index in [1.54, 1.807) is 0 Å². The summed E-state index contributed by atoms with van der Waals surface area (Å²) in [7, 11) is 0. The number of carbonyl (C=O) groups excluding carboxylic acids is 1. The van der Waals surface area contributed by atoms with E-state index in [9.17, 15) is 4.79 Å². The molecule has 0 aliphatic carbocycles. The highest BCUT2D eigenvalue weighted by Crippen LogP contribution is 2.35. The number of ether oxygens (including phenoxy) is 2. The van der Waals surface area contributed by atoms with Crippen molar-refractivity contribution in [3.63, 3.8) is 0 Å². The van der Waals surface area contributed by atoms with Crippen LogP contribution in [0.5, 0.6) is 5.75 Å². The molecule has 6 heteroatoms. The van der Waals surface area contributed by atoms with Crippen LogP contribution < -0.4 is 20.9 Å². The van der Waals surface area contributed by atoms with E-state index in [1.165, 1.54) is 5.56 Å². The maximum atomic E-state index is 13.1. The van der Waals surface area contributed by atoms with Crippen LogP contribution in [0.4, 0.5) is 0 Å². The standard InChI is InChI=1S/C24H31N3O3/c1-2-30-20-10-8-19(9-11-20)24(12-14-29-15-13-24)17-25-23(28)21-16-26-27-22(21)18-6-4-3-5-7-18/h3-11,21-22,26-27H,2,12-17H2,1H3,(H,25,28). The van der Waals surface area contributed by atoms with Gasteiger partial charge in [0.1, 0.15) is 5.75 Å². The number of hydrogen-bond donors (Lipinski definition) is 3. The lowest BCUT2D eigenvalue weighted by atomic mass is 9.74. The molecule has 2 aromatic rings. The Bertz CT molecular complexity index is 819. The second-order valence-electron chi connectivity index (χ2n) is 8.09. The topological polar surface area (TPSA) is 71.6 Å². The van der Waals surface area contributed by atoms with Crippen molar-refractivity contribution in [3.8, 4) is 5.75 Å². The molecule has 0 bridgehead atoms. The Labute approximate surface area is 178 Å². The van der Waals surface area contributed by atoms with E-state index in [2.05, 4.69) is 40.4 Å². The molecule has 160 valence electrons. The largest absolute Gasteiger partial charge is 0.494 e. The van der Waals surface area contributed by atoms with Crippen molar-refractivity contribution in [2.24, 2.45) is 5.92 Å². The maximum Gasteiger partial charge on any atom is 0.226 e. The van der Waals surface area contributed by atoms with E-state index in [4.69, 9.17) is 9.47 Å². The minimum atomic E-state index is -0.148. The molecule has 2 fully saturated rings. The molecule has 0 spiro atoms. The molecule has 4 rings (SSSR count). The summed E-state index contributed by atoms with van der Waals surface area (Å²) in [6.45, 7) is 5.29. The lowest BCUT2D eigenvalue weighted by Gasteiger charge is -2.38. The second kappa shape index (κ2) is 9.60.